The number of ether oxygens (including phenoxy) is 1. The molecule has 144 valence electrons. The van der Waals surface area contributed by atoms with Gasteiger partial charge in [-0.15, -0.1) is 0 Å². The molecule has 2 rings (SSSR count). The normalized spacial score (nSPS) is 11.7. The van der Waals surface area contributed by atoms with E-state index < -0.39 is 17.8 Å². The van der Waals surface area contributed by atoms with E-state index in [4.69, 9.17) is 4.74 Å². The van der Waals surface area contributed by atoms with Gasteiger partial charge in [0.05, 0.1) is 19.3 Å². The fraction of sp³-hybridized carbons (Fsp3) is 0.300. The molecule has 27 heavy (non-hydrogen) atoms. The molecule has 0 heterocycles. The summed E-state index contributed by atoms with van der Waals surface area (Å²) in [5.41, 5.74) is 1.01. The molecule has 2 aromatic carbocycles. The number of halogens is 1. The van der Waals surface area contributed by atoms with Crippen molar-refractivity contribution in [2.75, 3.05) is 25.5 Å². The number of imide groups is 1. The first-order chi connectivity index (χ1) is 12.9. The third kappa shape index (κ3) is 5.79. The van der Waals surface area contributed by atoms with Crippen molar-refractivity contribution in [2.24, 2.45) is 0 Å². The van der Waals surface area contributed by atoms with Crippen LogP contribution in [0.3, 0.4) is 0 Å². The van der Waals surface area contributed by atoms with Gasteiger partial charge in [0.25, 0.3) is 0 Å². The zero-order valence-electron chi connectivity index (χ0n) is 15.7. The number of likely N-dealkylation sites (N-methyl/N-ethyl adjacent to an activating group) is 1. The lowest BCUT2D eigenvalue weighted by atomic mass is 10.1. The van der Waals surface area contributed by atoms with Gasteiger partial charge in [0.1, 0.15) is 11.6 Å². The number of methoxy groups -OCH3 is 1. The van der Waals surface area contributed by atoms with Gasteiger partial charge in [-0.25, -0.2) is 9.18 Å². The maximum atomic E-state index is 13.6. The first-order valence-electron chi connectivity index (χ1n) is 8.68. The van der Waals surface area contributed by atoms with Gasteiger partial charge in [-0.05, 0) is 43.3 Å². The maximum absolute atomic E-state index is 13.6. The minimum absolute atomic E-state index is 0.0138. The fourth-order valence-electron chi connectivity index (χ4n) is 2.70. The first-order valence-corrected chi connectivity index (χ1v) is 8.68. The Morgan fingerprint density at radius 3 is 2.59 bits per heavy atom. The number of hydrogen-bond acceptors (Lipinski definition) is 4. The van der Waals surface area contributed by atoms with Crippen LogP contribution in [0.5, 0.6) is 5.75 Å². The number of nitrogens with one attached hydrogen (secondary N) is 2. The van der Waals surface area contributed by atoms with Crippen molar-refractivity contribution in [3.8, 4) is 5.75 Å². The number of hydrogen-bond donors (Lipinski definition) is 2. The molecule has 0 saturated heterocycles. The molecule has 0 radical (unpaired) electrons. The van der Waals surface area contributed by atoms with Crippen LogP contribution >= 0.6 is 0 Å². The van der Waals surface area contributed by atoms with Gasteiger partial charge in [0.15, 0.2) is 0 Å². The standard InChI is InChI=1S/C20H24FN3O3/c1-4-24(14(2)15-8-7-9-16(12-15)27-3)13-19(25)23-20(26)22-18-11-6-5-10-17(18)21/h5-12,14H,4,13H2,1-3H3,(H2,22,23,25,26)/t14-/m1/s1. The van der Waals surface area contributed by atoms with Gasteiger partial charge in [0, 0.05) is 6.04 Å². The van der Waals surface area contributed by atoms with E-state index >= 15 is 0 Å². The summed E-state index contributed by atoms with van der Waals surface area (Å²) in [7, 11) is 1.60. The highest BCUT2D eigenvalue weighted by Crippen LogP contribution is 2.23. The Balaban J connectivity index is 1.95. The monoisotopic (exact) mass is 373 g/mol. The van der Waals surface area contributed by atoms with Crippen LogP contribution in [0.15, 0.2) is 48.5 Å². The van der Waals surface area contributed by atoms with Crippen LogP contribution in [-0.2, 0) is 4.79 Å². The van der Waals surface area contributed by atoms with E-state index in [9.17, 15) is 14.0 Å². The van der Waals surface area contributed by atoms with Crippen LogP contribution in [0.2, 0.25) is 0 Å². The second-order valence-electron chi connectivity index (χ2n) is 6.00. The van der Waals surface area contributed by atoms with Crippen molar-refractivity contribution < 1.29 is 18.7 Å². The van der Waals surface area contributed by atoms with Gasteiger partial charge in [0.2, 0.25) is 5.91 Å². The van der Waals surface area contributed by atoms with Crippen LogP contribution in [-0.4, -0.2) is 37.0 Å². The summed E-state index contributed by atoms with van der Waals surface area (Å²) in [5.74, 6) is -0.300. The average molecular weight is 373 g/mol. The van der Waals surface area contributed by atoms with Gasteiger partial charge < -0.3 is 10.1 Å². The molecular weight excluding hydrogens is 349 g/mol. The molecule has 7 heteroatoms. The zero-order chi connectivity index (χ0) is 19.8. The average Bonchev–Trinajstić information content (AvgIpc) is 2.67. The van der Waals surface area contributed by atoms with Crippen molar-refractivity contribution >= 4 is 17.6 Å². The number of urea groups is 1. The largest absolute Gasteiger partial charge is 0.497 e. The highest BCUT2D eigenvalue weighted by atomic mass is 19.1. The van der Waals surface area contributed by atoms with E-state index in [1.54, 1.807) is 13.2 Å². The minimum Gasteiger partial charge on any atom is -0.497 e. The topological polar surface area (TPSA) is 70.7 Å². The number of anilines is 1. The van der Waals surface area contributed by atoms with Crippen molar-refractivity contribution in [1.29, 1.82) is 0 Å². The van der Waals surface area contributed by atoms with Crippen LogP contribution in [0.25, 0.3) is 0 Å². The smallest absolute Gasteiger partial charge is 0.326 e. The molecule has 1 atom stereocenters. The lowest BCUT2D eigenvalue weighted by Gasteiger charge is -2.27. The molecule has 0 aliphatic carbocycles. The Bertz CT molecular complexity index is 798. The summed E-state index contributed by atoms with van der Waals surface area (Å²) in [4.78, 5) is 26.1. The number of rotatable bonds is 7. The van der Waals surface area contributed by atoms with Crippen LogP contribution in [0.4, 0.5) is 14.9 Å². The molecule has 0 spiro atoms. The summed E-state index contributed by atoms with van der Waals surface area (Å²) < 4.78 is 18.8. The number of nitrogens with zero attached hydrogens (tertiary/aromatic N) is 1. The molecule has 3 amide bonds. The van der Waals surface area contributed by atoms with Gasteiger partial charge in [-0.1, -0.05) is 31.2 Å². The Morgan fingerprint density at radius 1 is 1.19 bits per heavy atom. The van der Waals surface area contributed by atoms with Crippen LogP contribution in [0, 0.1) is 5.82 Å². The minimum atomic E-state index is -0.768. The SMILES string of the molecule is CCN(CC(=O)NC(=O)Nc1ccccc1F)[C@H](C)c1cccc(OC)c1. The molecule has 2 aromatic rings. The number of benzene rings is 2. The van der Waals surface area contributed by atoms with E-state index in [1.807, 2.05) is 43.0 Å². The number of para-hydroxylation sites is 1. The number of amides is 3. The molecule has 6 nitrogen and oxygen atoms in total. The maximum Gasteiger partial charge on any atom is 0.326 e. The van der Waals surface area contributed by atoms with Crippen LogP contribution < -0.4 is 15.4 Å². The third-order valence-electron chi connectivity index (χ3n) is 4.25. The van der Waals surface area contributed by atoms with Gasteiger partial charge in [-0.3, -0.25) is 15.0 Å². The molecule has 0 unspecified atom stereocenters. The Kier molecular flexibility index (Phi) is 7.31. The van der Waals surface area contributed by atoms with Crippen molar-refractivity contribution in [1.82, 2.24) is 10.2 Å². The molecule has 2 N–H and O–H groups in total. The third-order valence-corrected chi connectivity index (χ3v) is 4.25. The number of carbonyl (C=O) groups excluding carboxylic acids is 2. The summed E-state index contributed by atoms with van der Waals surface area (Å²) in [6.45, 7) is 4.55. The number of carbonyl (C=O) groups is 2. The summed E-state index contributed by atoms with van der Waals surface area (Å²) in [6, 6.07) is 12.6. The van der Waals surface area contributed by atoms with Crippen molar-refractivity contribution in [3.05, 3.63) is 59.9 Å². The molecule has 0 bridgehead atoms. The van der Waals surface area contributed by atoms with E-state index in [-0.39, 0.29) is 18.3 Å². The highest BCUT2D eigenvalue weighted by Gasteiger charge is 2.19. The molecule has 0 fully saturated rings. The molecule has 0 saturated carbocycles. The summed E-state index contributed by atoms with van der Waals surface area (Å²) >= 11 is 0. The quantitative estimate of drug-likeness (QED) is 0.778. The van der Waals surface area contributed by atoms with Gasteiger partial charge in [-0.2, -0.15) is 0 Å². The van der Waals surface area contributed by atoms with Crippen molar-refractivity contribution in [2.45, 2.75) is 19.9 Å². The Morgan fingerprint density at radius 2 is 1.93 bits per heavy atom. The molecule has 0 aliphatic rings. The zero-order valence-corrected chi connectivity index (χ0v) is 15.7. The summed E-state index contributed by atoms with van der Waals surface area (Å²) in [5, 5.41) is 4.55. The highest BCUT2D eigenvalue weighted by molar-refractivity contribution is 6.01. The fourth-order valence-corrected chi connectivity index (χ4v) is 2.70. The lowest BCUT2D eigenvalue weighted by Crippen LogP contribution is -2.42. The first kappa shape index (κ1) is 20.4. The lowest BCUT2D eigenvalue weighted by molar-refractivity contribution is -0.121. The Labute approximate surface area is 158 Å². The van der Waals surface area contributed by atoms with E-state index in [2.05, 4.69) is 10.6 Å². The second kappa shape index (κ2) is 9.68. The Hall–Kier alpha value is -2.93. The second-order valence-corrected chi connectivity index (χ2v) is 6.00. The van der Waals surface area contributed by atoms with E-state index in [0.29, 0.717) is 6.54 Å². The van der Waals surface area contributed by atoms with E-state index in [1.165, 1.54) is 18.2 Å². The van der Waals surface area contributed by atoms with Crippen molar-refractivity contribution in [3.63, 3.8) is 0 Å². The van der Waals surface area contributed by atoms with Crippen LogP contribution in [0.1, 0.15) is 25.5 Å². The predicted molar refractivity (Wildman–Crippen MR) is 102 cm³/mol. The predicted octanol–water partition coefficient (Wildman–Crippen LogP) is 3.57. The molecular formula is C20H24FN3O3. The van der Waals surface area contributed by atoms with E-state index in [0.717, 1.165) is 11.3 Å². The summed E-state index contributed by atoms with van der Waals surface area (Å²) in [6.07, 6.45) is 0. The van der Waals surface area contributed by atoms with Gasteiger partial charge >= 0.3 is 6.03 Å². The molecule has 0 aromatic heterocycles. The molecule has 0 aliphatic heterocycles.